The van der Waals surface area contributed by atoms with Gasteiger partial charge in [-0.2, -0.15) is 0 Å². The van der Waals surface area contributed by atoms with Gasteiger partial charge in [0.2, 0.25) is 0 Å². The summed E-state index contributed by atoms with van der Waals surface area (Å²) in [5, 5.41) is 9.78. The Kier molecular flexibility index (Phi) is 7.64. The second-order valence-electron chi connectivity index (χ2n) is 9.31. The van der Waals surface area contributed by atoms with E-state index >= 15 is 0 Å². The van der Waals surface area contributed by atoms with Crippen LogP contribution in [-0.2, 0) is 0 Å². The summed E-state index contributed by atoms with van der Waals surface area (Å²) in [7, 11) is 0. The summed E-state index contributed by atoms with van der Waals surface area (Å²) in [6.45, 7) is 1.78. The molecule has 6 nitrogen and oxygen atoms in total. The molecular weight excluding hydrogens is 461 g/mol. The molecule has 0 bridgehead atoms. The van der Waals surface area contributed by atoms with Crippen molar-refractivity contribution in [1.82, 2.24) is 9.80 Å². The number of alkyl halides is 3. The van der Waals surface area contributed by atoms with Gasteiger partial charge in [-0.05, 0) is 42.9 Å². The van der Waals surface area contributed by atoms with E-state index in [0.29, 0.717) is 51.0 Å². The molecule has 2 fully saturated rings. The maximum atomic E-state index is 13.3. The molecule has 2 saturated heterocycles. The average Bonchev–Trinajstić information content (AvgIpc) is 2.84. The molecule has 0 aliphatic carbocycles. The molecule has 0 radical (unpaired) electrons. The van der Waals surface area contributed by atoms with E-state index in [4.69, 9.17) is 0 Å². The van der Waals surface area contributed by atoms with Crippen molar-refractivity contribution in [1.29, 1.82) is 0 Å². The maximum absolute atomic E-state index is 13.3. The Bertz CT molecular complexity index is 1010. The number of ketones is 1. The van der Waals surface area contributed by atoms with E-state index in [-0.39, 0.29) is 35.8 Å². The van der Waals surface area contributed by atoms with E-state index in [1.807, 2.05) is 18.2 Å². The number of aliphatic hydroxyl groups excluding tert-OH is 1. The predicted molar refractivity (Wildman–Crippen MR) is 123 cm³/mol. The fourth-order valence-electron chi connectivity index (χ4n) is 4.95. The number of urea groups is 1. The minimum absolute atomic E-state index is 0.00123. The van der Waals surface area contributed by atoms with Gasteiger partial charge in [0.25, 0.3) is 0 Å². The highest BCUT2D eigenvalue weighted by Gasteiger charge is 2.35. The first-order valence-electron chi connectivity index (χ1n) is 11.8. The lowest BCUT2D eigenvalue weighted by Crippen LogP contribution is -2.52. The van der Waals surface area contributed by atoms with Crippen LogP contribution < -0.4 is 4.74 Å². The number of hydrogen-bond acceptors (Lipinski definition) is 4. The Labute approximate surface area is 202 Å². The minimum Gasteiger partial charge on any atom is -0.406 e. The Balaban J connectivity index is 1.51. The van der Waals surface area contributed by atoms with Crippen molar-refractivity contribution in [3.05, 3.63) is 65.7 Å². The van der Waals surface area contributed by atoms with Crippen LogP contribution in [0.25, 0.3) is 0 Å². The van der Waals surface area contributed by atoms with Crippen LogP contribution in [0, 0.1) is 5.92 Å². The maximum Gasteiger partial charge on any atom is 0.573 e. The number of amides is 2. The van der Waals surface area contributed by atoms with Gasteiger partial charge in [-0.1, -0.05) is 42.5 Å². The van der Waals surface area contributed by atoms with Crippen molar-refractivity contribution in [2.24, 2.45) is 5.92 Å². The third kappa shape index (κ3) is 6.75. The quantitative estimate of drug-likeness (QED) is 0.609. The smallest absolute Gasteiger partial charge is 0.406 e. The van der Waals surface area contributed by atoms with Gasteiger partial charge < -0.3 is 19.6 Å². The van der Waals surface area contributed by atoms with Crippen molar-refractivity contribution >= 4 is 11.8 Å². The molecule has 2 aromatic rings. The van der Waals surface area contributed by atoms with Crippen molar-refractivity contribution < 1.29 is 32.6 Å². The lowest BCUT2D eigenvalue weighted by Gasteiger charge is -2.41. The SMILES string of the molecule is O=C(CC1CC(c2ccc(OC(F)(F)F)cc2)CN(C(=O)N2CCC(O)CC2)C1)c1ccccc1. The highest BCUT2D eigenvalue weighted by Crippen LogP contribution is 2.34. The summed E-state index contributed by atoms with van der Waals surface area (Å²) in [6, 6.07) is 14.6. The molecule has 2 atom stereocenters. The molecule has 2 aliphatic rings. The number of ether oxygens (including phenoxy) is 1. The highest BCUT2D eigenvalue weighted by molar-refractivity contribution is 5.96. The van der Waals surface area contributed by atoms with E-state index in [0.717, 1.165) is 5.56 Å². The second kappa shape index (κ2) is 10.7. The number of carbonyl (C=O) groups is 2. The number of aliphatic hydroxyl groups is 1. The number of halogens is 3. The molecule has 0 spiro atoms. The molecule has 2 aliphatic heterocycles. The van der Waals surface area contributed by atoms with Crippen LogP contribution in [0.5, 0.6) is 5.75 Å². The van der Waals surface area contributed by atoms with Gasteiger partial charge in [-0.3, -0.25) is 4.79 Å². The summed E-state index contributed by atoms with van der Waals surface area (Å²) in [5.41, 5.74) is 1.41. The predicted octanol–water partition coefficient (Wildman–Crippen LogP) is 4.84. The van der Waals surface area contributed by atoms with E-state index in [2.05, 4.69) is 4.74 Å². The number of carbonyl (C=O) groups excluding carboxylic acids is 2. The molecular formula is C26H29F3N2O4. The van der Waals surface area contributed by atoms with Crippen LogP contribution in [0.15, 0.2) is 54.6 Å². The first-order chi connectivity index (χ1) is 16.7. The highest BCUT2D eigenvalue weighted by atomic mass is 19.4. The number of piperidine rings is 2. The molecule has 2 amide bonds. The molecule has 1 N–H and O–H groups in total. The van der Waals surface area contributed by atoms with Crippen LogP contribution in [0.1, 0.15) is 47.5 Å². The van der Waals surface area contributed by atoms with Crippen molar-refractivity contribution in [3.63, 3.8) is 0 Å². The second-order valence-corrected chi connectivity index (χ2v) is 9.31. The lowest BCUT2D eigenvalue weighted by atomic mass is 9.81. The zero-order valence-electron chi connectivity index (χ0n) is 19.3. The summed E-state index contributed by atoms with van der Waals surface area (Å²) in [5.74, 6) is -0.519. The monoisotopic (exact) mass is 490 g/mol. The molecule has 4 rings (SSSR count). The number of likely N-dealkylation sites (tertiary alicyclic amines) is 2. The molecule has 0 aromatic heterocycles. The number of Topliss-reactive ketones (excluding diaryl/α,β-unsaturated/α-hetero) is 1. The minimum atomic E-state index is -4.76. The standard InChI is InChI=1S/C26H29F3N2O4/c27-26(28,29)35-23-8-6-19(7-9-23)21-14-18(15-24(33)20-4-2-1-3-5-20)16-31(17-21)25(34)30-12-10-22(32)11-13-30/h1-9,18,21-22,32H,10-17H2. The topological polar surface area (TPSA) is 70.1 Å². The number of nitrogens with zero attached hydrogens (tertiary/aromatic N) is 2. The van der Waals surface area contributed by atoms with Gasteiger partial charge in [0.1, 0.15) is 5.75 Å². The molecule has 2 aromatic carbocycles. The van der Waals surface area contributed by atoms with Gasteiger partial charge in [0.15, 0.2) is 5.78 Å². The van der Waals surface area contributed by atoms with Crippen molar-refractivity contribution in [3.8, 4) is 5.75 Å². The van der Waals surface area contributed by atoms with E-state index in [1.165, 1.54) is 12.1 Å². The molecule has 9 heteroatoms. The van der Waals surface area contributed by atoms with Crippen LogP contribution in [0.3, 0.4) is 0 Å². The zero-order chi connectivity index (χ0) is 25.0. The summed E-state index contributed by atoms with van der Waals surface area (Å²) in [6.07, 6.45) is -3.19. The van der Waals surface area contributed by atoms with Crippen LogP contribution in [-0.4, -0.2) is 65.4 Å². The van der Waals surface area contributed by atoms with Gasteiger partial charge in [-0.15, -0.1) is 13.2 Å². The van der Waals surface area contributed by atoms with Crippen molar-refractivity contribution in [2.45, 2.75) is 44.1 Å². The molecule has 188 valence electrons. The van der Waals surface area contributed by atoms with E-state index in [9.17, 15) is 27.9 Å². The first kappa shape index (κ1) is 25.0. The van der Waals surface area contributed by atoms with E-state index < -0.39 is 12.5 Å². The number of hydrogen-bond donors (Lipinski definition) is 1. The van der Waals surface area contributed by atoms with Gasteiger partial charge >= 0.3 is 12.4 Å². The molecule has 2 unspecified atom stereocenters. The van der Waals surface area contributed by atoms with Gasteiger partial charge in [-0.25, -0.2) is 4.79 Å². The molecule has 0 saturated carbocycles. The van der Waals surface area contributed by atoms with Crippen LogP contribution in [0.2, 0.25) is 0 Å². The molecule has 2 heterocycles. The fraction of sp³-hybridized carbons (Fsp3) is 0.462. The van der Waals surface area contributed by atoms with Gasteiger partial charge in [0.05, 0.1) is 6.10 Å². The van der Waals surface area contributed by atoms with Crippen LogP contribution in [0.4, 0.5) is 18.0 Å². The Morgan fingerprint density at radius 2 is 1.60 bits per heavy atom. The lowest BCUT2D eigenvalue weighted by molar-refractivity contribution is -0.274. The van der Waals surface area contributed by atoms with E-state index in [1.54, 1.807) is 34.1 Å². The Morgan fingerprint density at radius 1 is 0.943 bits per heavy atom. The average molecular weight is 491 g/mol. The Morgan fingerprint density at radius 3 is 2.23 bits per heavy atom. The Hall–Kier alpha value is -3.07. The molecule has 35 heavy (non-hydrogen) atoms. The van der Waals surface area contributed by atoms with Gasteiger partial charge in [0, 0.05) is 44.1 Å². The number of benzene rings is 2. The third-order valence-electron chi connectivity index (χ3n) is 6.70. The fourth-order valence-corrected chi connectivity index (χ4v) is 4.95. The van der Waals surface area contributed by atoms with Crippen LogP contribution >= 0.6 is 0 Å². The summed E-state index contributed by atoms with van der Waals surface area (Å²) < 4.78 is 41.6. The largest absolute Gasteiger partial charge is 0.573 e. The summed E-state index contributed by atoms with van der Waals surface area (Å²) >= 11 is 0. The normalized spacial score (nSPS) is 21.6. The summed E-state index contributed by atoms with van der Waals surface area (Å²) in [4.78, 5) is 29.6. The first-order valence-corrected chi connectivity index (χ1v) is 11.8. The third-order valence-corrected chi connectivity index (χ3v) is 6.70. The zero-order valence-corrected chi connectivity index (χ0v) is 19.3. The number of rotatable bonds is 5. The van der Waals surface area contributed by atoms with Crippen molar-refractivity contribution in [2.75, 3.05) is 26.2 Å².